The summed E-state index contributed by atoms with van der Waals surface area (Å²) in [6.07, 6.45) is 3.06. The predicted octanol–water partition coefficient (Wildman–Crippen LogP) is 2.07. The number of aliphatic imine (C=N–C) groups is 1. The molecule has 0 spiro atoms. The average molecular weight is 226 g/mol. The summed E-state index contributed by atoms with van der Waals surface area (Å²) in [5.74, 6) is 0.132. The maximum Gasteiger partial charge on any atom is 0.207 e. The van der Waals surface area contributed by atoms with Crippen LogP contribution in [0, 0.1) is 11.5 Å². The summed E-state index contributed by atoms with van der Waals surface area (Å²) < 4.78 is 22.2. The molecule has 0 N–H and O–H groups in total. The van der Waals surface area contributed by atoms with E-state index in [1.807, 2.05) is 0 Å². The molecule has 0 fully saturated rings. The van der Waals surface area contributed by atoms with E-state index in [0.29, 0.717) is 10.7 Å². The smallest absolute Gasteiger partial charge is 0.207 e. The number of pyridine rings is 1. The van der Waals surface area contributed by atoms with Gasteiger partial charge in [-0.25, -0.2) is 4.98 Å². The molecule has 0 bridgehead atoms. The van der Waals surface area contributed by atoms with Crippen molar-refractivity contribution < 1.29 is 4.11 Å². The molecule has 1 rings (SSSR count). The molecule has 78 valence electrons. The van der Waals surface area contributed by atoms with E-state index in [1.54, 1.807) is 18.3 Å². The van der Waals surface area contributed by atoms with Crippen LogP contribution >= 0.6 is 11.6 Å². The van der Waals surface area contributed by atoms with Crippen LogP contribution in [0.1, 0.15) is 16.6 Å². The third kappa shape index (κ3) is 3.56. The quantitative estimate of drug-likeness (QED) is 0.335. The fourth-order valence-corrected chi connectivity index (χ4v) is 1.04. The van der Waals surface area contributed by atoms with Gasteiger partial charge in [-0.2, -0.15) is 10.3 Å². The van der Waals surface area contributed by atoms with Crippen molar-refractivity contribution in [2.45, 2.75) is 13.5 Å². The molecule has 4 nitrogen and oxygen atoms in total. The molecular weight excluding hydrogens is 212 g/mol. The first kappa shape index (κ1) is 7.66. The number of hydrogen-bond acceptors (Lipinski definition) is 3. The Bertz CT molecular complexity index is 475. The zero-order chi connectivity index (χ0) is 13.8. The lowest BCUT2D eigenvalue weighted by molar-refractivity contribution is 0.497. The van der Waals surface area contributed by atoms with Crippen LogP contribution in [0.25, 0.3) is 0 Å². The van der Waals surface area contributed by atoms with E-state index in [4.69, 9.17) is 21.0 Å². The van der Waals surface area contributed by atoms with Gasteiger partial charge in [0, 0.05) is 23.8 Å². The fraction of sp³-hybridized carbons (Fsp3) is 0.300. The van der Waals surface area contributed by atoms with Crippen molar-refractivity contribution >= 4 is 17.4 Å². The summed E-state index contributed by atoms with van der Waals surface area (Å²) in [6.45, 7) is -0.819. The molecule has 1 heterocycles. The van der Waals surface area contributed by atoms with Gasteiger partial charge in [-0.3, -0.25) is 0 Å². The SMILES string of the molecule is [2H]C([2H])([2H])N(Cc1ccc(Cl)nc1)C(C)=NC#N. The molecule has 0 unspecified atom stereocenters. The highest BCUT2D eigenvalue weighted by Crippen LogP contribution is 2.07. The molecule has 5 heteroatoms. The Morgan fingerprint density at radius 3 is 3.13 bits per heavy atom. The Balaban J connectivity index is 2.97. The van der Waals surface area contributed by atoms with Crippen LogP contribution in [-0.2, 0) is 6.54 Å². The van der Waals surface area contributed by atoms with Crippen LogP contribution in [0.3, 0.4) is 0 Å². The third-order valence-corrected chi connectivity index (χ3v) is 1.96. The Morgan fingerprint density at radius 1 is 1.80 bits per heavy atom. The van der Waals surface area contributed by atoms with Crippen molar-refractivity contribution in [1.29, 1.82) is 5.26 Å². The summed E-state index contributed by atoms with van der Waals surface area (Å²) in [5, 5.41) is 8.81. The number of halogens is 1. The van der Waals surface area contributed by atoms with Crippen molar-refractivity contribution in [3.05, 3.63) is 29.0 Å². The molecule has 0 radical (unpaired) electrons. The Hall–Kier alpha value is -1.60. The topological polar surface area (TPSA) is 52.3 Å². The molecule has 0 aromatic carbocycles. The molecule has 1 aromatic heterocycles. The van der Waals surface area contributed by atoms with E-state index in [-0.39, 0.29) is 12.4 Å². The van der Waals surface area contributed by atoms with E-state index >= 15 is 0 Å². The Kier molecular flexibility index (Phi) is 2.72. The van der Waals surface area contributed by atoms with Crippen LogP contribution in [0.4, 0.5) is 0 Å². The standard InChI is InChI=1S/C10H11ClN4/c1-8(14-7-12)15(2)6-9-3-4-10(11)13-5-9/h3-5H,6H2,1-2H3/i2D3. The van der Waals surface area contributed by atoms with E-state index in [9.17, 15) is 0 Å². The van der Waals surface area contributed by atoms with E-state index in [2.05, 4.69) is 9.98 Å². The maximum atomic E-state index is 8.48. The number of aromatic nitrogens is 1. The van der Waals surface area contributed by atoms with Crippen molar-refractivity contribution in [1.82, 2.24) is 9.88 Å². The van der Waals surface area contributed by atoms with Gasteiger partial charge >= 0.3 is 0 Å². The fourth-order valence-electron chi connectivity index (χ4n) is 0.930. The molecule has 0 amide bonds. The monoisotopic (exact) mass is 225 g/mol. The van der Waals surface area contributed by atoms with Crippen LogP contribution in [0.2, 0.25) is 5.15 Å². The number of rotatable bonds is 2. The van der Waals surface area contributed by atoms with Gasteiger partial charge in [-0.15, -0.1) is 0 Å². The summed E-state index contributed by atoms with van der Waals surface area (Å²) in [4.78, 5) is 8.37. The van der Waals surface area contributed by atoms with Gasteiger partial charge < -0.3 is 4.90 Å². The highest BCUT2D eigenvalue weighted by molar-refractivity contribution is 6.29. The largest absolute Gasteiger partial charge is 0.358 e. The highest BCUT2D eigenvalue weighted by Gasteiger charge is 2.02. The Morgan fingerprint density at radius 2 is 2.60 bits per heavy atom. The zero-order valence-corrected chi connectivity index (χ0v) is 8.86. The minimum absolute atomic E-state index is 0.0810. The second-order valence-corrected chi connectivity index (χ2v) is 3.22. The molecule has 0 aliphatic rings. The van der Waals surface area contributed by atoms with Gasteiger partial charge in [0.05, 0.1) is 0 Å². The minimum atomic E-state index is -2.37. The first-order valence-electron chi connectivity index (χ1n) is 5.66. The van der Waals surface area contributed by atoms with E-state index < -0.39 is 6.98 Å². The summed E-state index contributed by atoms with van der Waals surface area (Å²) in [6, 6.07) is 3.25. The van der Waals surface area contributed by atoms with Crippen molar-refractivity contribution in [2.75, 3.05) is 6.98 Å². The average Bonchev–Trinajstić information content (AvgIpc) is 2.26. The van der Waals surface area contributed by atoms with Crippen LogP contribution in [0.5, 0.6) is 0 Å². The van der Waals surface area contributed by atoms with Gasteiger partial charge in [0.15, 0.2) is 0 Å². The summed E-state index contributed by atoms with van der Waals surface area (Å²) in [5.41, 5.74) is 0.669. The van der Waals surface area contributed by atoms with Gasteiger partial charge in [-0.05, 0) is 18.6 Å². The summed E-state index contributed by atoms with van der Waals surface area (Å²) >= 11 is 5.65. The van der Waals surface area contributed by atoms with Gasteiger partial charge in [-0.1, -0.05) is 17.7 Å². The lowest BCUT2D eigenvalue weighted by atomic mass is 10.3. The lowest BCUT2D eigenvalue weighted by Gasteiger charge is -2.17. The van der Waals surface area contributed by atoms with Crippen LogP contribution in [-0.4, -0.2) is 22.7 Å². The molecular formula is C10H11ClN4. The third-order valence-electron chi connectivity index (χ3n) is 1.73. The first-order valence-corrected chi connectivity index (χ1v) is 4.54. The molecule has 0 saturated carbocycles. The second kappa shape index (κ2) is 5.32. The first-order chi connectivity index (χ1) is 8.34. The molecule has 0 aliphatic carbocycles. The Labute approximate surface area is 98.0 Å². The highest BCUT2D eigenvalue weighted by atomic mass is 35.5. The molecule has 15 heavy (non-hydrogen) atoms. The normalized spacial score (nSPS) is 14.7. The van der Waals surface area contributed by atoms with Gasteiger partial charge in [0.1, 0.15) is 11.0 Å². The van der Waals surface area contributed by atoms with E-state index in [0.717, 1.165) is 4.90 Å². The molecule has 0 saturated heterocycles. The van der Waals surface area contributed by atoms with Gasteiger partial charge in [0.2, 0.25) is 6.19 Å². The van der Waals surface area contributed by atoms with Crippen molar-refractivity contribution in [3.8, 4) is 6.19 Å². The van der Waals surface area contributed by atoms with Crippen molar-refractivity contribution in [2.24, 2.45) is 4.99 Å². The second-order valence-electron chi connectivity index (χ2n) is 2.83. The number of hydrogen-bond donors (Lipinski definition) is 0. The van der Waals surface area contributed by atoms with E-state index in [1.165, 1.54) is 13.1 Å². The predicted molar refractivity (Wildman–Crippen MR) is 59.4 cm³/mol. The molecule has 1 aromatic rings. The number of nitriles is 1. The molecule has 0 aliphatic heterocycles. The minimum Gasteiger partial charge on any atom is -0.358 e. The molecule has 0 atom stereocenters. The van der Waals surface area contributed by atoms with Gasteiger partial charge in [0.25, 0.3) is 0 Å². The lowest BCUT2D eigenvalue weighted by Crippen LogP contribution is -2.23. The maximum absolute atomic E-state index is 8.48. The van der Waals surface area contributed by atoms with Crippen LogP contribution < -0.4 is 0 Å². The number of amidine groups is 1. The van der Waals surface area contributed by atoms with Crippen LogP contribution in [0.15, 0.2) is 23.3 Å². The summed E-state index contributed by atoms with van der Waals surface area (Å²) in [7, 11) is 0. The zero-order valence-electron chi connectivity index (χ0n) is 11.1. The number of nitrogens with zero attached hydrogens (tertiary/aromatic N) is 4. The van der Waals surface area contributed by atoms with Crippen molar-refractivity contribution in [3.63, 3.8) is 0 Å².